The molecule has 4 nitrogen and oxygen atoms in total. The van der Waals surface area contributed by atoms with Crippen molar-refractivity contribution in [3.8, 4) is 5.75 Å². The zero-order valence-electron chi connectivity index (χ0n) is 15.6. The van der Waals surface area contributed by atoms with Gasteiger partial charge in [-0.25, -0.2) is 0 Å². The van der Waals surface area contributed by atoms with E-state index >= 15 is 0 Å². The van der Waals surface area contributed by atoms with E-state index in [0.717, 1.165) is 12.8 Å². The zero-order valence-corrected chi connectivity index (χ0v) is 16.3. The van der Waals surface area contributed by atoms with E-state index in [9.17, 15) is 4.79 Å². The number of nitrogens with two attached hydrogens (primary N) is 1. The number of hydrogen-bond donors (Lipinski definition) is 2. The first-order valence-corrected chi connectivity index (χ1v) is 9.62. The van der Waals surface area contributed by atoms with Crippen molar-refractivity contribution in [2.75, 3.05) is 5.73 Å². The predicted molar refractivity (Wildman–Crippen MR) is 102 cm³/mol. The summed E-state index contributed by atoms with van der Waals surface area (Å²) in [5.74, 6) is 1.76. The lowest BCUT2D eigenvalue weighted by Crippen LogP contribution is -2.44. The van der Waals surface area contributed by atoms with Gasteiger partial charge in [-0.05, 0) is 62.8 Å². The highest BCUT2D eigenvalue weighted by Crippen LogP contribution is 2.55. The van der Waals surface area contributed by atoms with Crippen molar-refractivity contribution >= 4 is 23.2 Å². The highest BCUT2D eigenvalue weighted by molar-refractivity contribution is 6.33. The SMILES string of the molecule is CC(C)Oc1cc(N)c(Cl)cc1C(=O)NC1CC2CCC(C1)C2(C)C. The van der Waals surface area contributed by atoms with Gasteiger partial charge in [0.15, 0.2) is 0 Å². The molecule has 25 heavy (non-hydrogen) atoms. The highest BCUT2D eigenvalue weighted by Gasteiger charge is 2.48. The zero-order chi connectivity index (χ0) is 18.4. The molecule has 5 heteroatoms. The second-order valence-corrected chi connectivity index (χ2v) is 8.88. The molecule has 2 fully saturated rings. The smallest absolute Gasteiger partial charge is 0.255 e. The number of carbonyl (C=O) groups excluding carboxylic acids is 1. The first-order valence-electron chi connectivity index (χ1n) is 9.25. The Balaban J connectivity index is 1.77. The van der Waals surface area contributed by atoms with Crippen LogP contribution in [0.1, 0.15) is 63.7 Å². The van der Waals surface area contributed by atoms with Crippen molar-refractivity contribution in [3.63, 3.8) is 0 Å². The van der Waals surface area contributed by atoms with Gasteiger partial charge in [0, 0.05) is 12.1 Å². The van der Waals surface area contributed by atoms with Crippen LogP contribution in [0.5, 0.6) is 5.75 Å². The number of rotatable bonds is 4. The Kier molecular flexibility index (Phi) is 4.93. The van der Waals surface area contributed by atoms with Crippen molar-refractivity contribution in [1.29, 1.82) is 0 Å². The Morgan fingerprint density at radius 1 is 1.28 bits per heavy atom. The van der Waals surface area contributed by atoms with Gasteiger partial charge in [0.2, 0.25) is 0 Å². The van der Waals surface area contributed by atoms with Gasteiger partial charge in [-0.1, -0.05) is 25.4 Å². The average Bonchev–Trinajstić information content (AvgIpc) is 2.69. The van der Waals surface area contributed by atoms with Gasteiger partial charge in [-0.2, -0.15) is 0 Å². The van der Waals surface area contributed by atoms with Crippen molar-refractivity contribution in [3.05, 3.63) is 22.7 Å². The molecule has 1 aromatic rings. The van der Waals surface area contributed by atoms with Gasteiger partial charge < -0.3 is 15.8 Å². The minimum atomic E-state index is -0.123. The molecule has 0 saturated heterocycles. The van der Waals surface area contributed by atoms with Crippen LogP contribution in [0.4, 0.5) is 5.69 Å². The molecule has 0 aromatic heterocycles. The maximum Gasteiger partial charge on any atom is 0.255 e. The van der Waals surface area contributed by atoms with Crippen LogP contribution in [-0.2, 0) is 0 Å². The van der Waals surface area contributed by atoms with Crippen LogP contribution >= 0.6 is 11.6 Å². The lowest BCUT2D eigenvalue weighted by molar-refractivity contribution is 0.0783. The monoisotopic (exact) mass is 364 g/mol. The molecule has 2 bridgehead atoms. The maximum absolute atomic E-state index is 12.9. The number of nitrogens with one attached hydrogen (secondary N) is 1. The summed E-state index contributed by atoms with van der Waals surface area (Å²) in [5.41, 5.74) is 7.17. The fraction of sp³-hybridized carbons (Fsp3) is 0.650. The van der Waals surface area contributed by atoms with Crippen molar-refractivity contribution in [2.45, 2.75) is 65.5 Å². The first kappa shape index (κ1) is 18.4. The summed E-state index contributed by atoms with van der Waals surface area (Å²) >= 11 is 6.14. The number of nitrogen functional groups attached to an aromatic ring is 1. The van der Waals surface area contributed by atoms with Gasteiger partial charge in [0.1, 0.15) is 5.75 Å². The molecule has 2 aliphatic rings. The number of ether oxygens (including phenoxy) is 1. The Morgan fingerprint density at radius 3 is 2.44 bits per heavy atom. The van der Waals surface area contributed by atoms with E-state index in [1.54, 1.807) is 12.1 Å². The normalized spacial score (nSPS) is 27.4. The van der Waals surface area contributed by atoms with E-state index < -0.39 is 0 Å². The van der Waals surface area contributed by atoms with E-state index in [1.165, 1.54) is 12.8 Å². The van der Waals surface area contributed by atoms with Crippen LogP contribution in [-0.4, -0.2) is 18.1 Å². The molecule has 0 heterocycles. The number of carbonyl (C=O) groups is 1. The molecule has 0 aliphatic heterocycles. The van der Waals surface area contributed by atoms with Gasteiger partial charge >= 0.3 is 0 Å². The van der Waals surface area contributed by atoms with Crippen LogP contribution in [0.2, 0.25) is 5.02 Å². The Morgan fingerprint density at radius 2 is 1.88 bits per heavy atom. The average molecular weight is 365 g/mol. The lowest BCUT2D eigenvalue weighted by atomic mass is 9.66. The van der Waals surface area contributed by atoms with Crippen molar-refractivity contribution < 1.29 is 9.53 Å². The molecule has 2 aliphatic carbocycles. The molecule has 0 spiro atoms. The first-order chi connectivity index (χ1) is 11.7. The van der Waals surface area contributed by atoms with E-state index in [4.69, 9.17) is 22.1 Å². The van der Waals surface area contributed by atoms with Gasteiger partial charge in [0.25, 0.3) is 5.91 Å². The molecule has 3 rings (SSSR count). The third-order valence-electron chi connectivity index (χ3n) is 6.15. The number of hydrogen-bond acceptors (Lipinski definition) is 3. The van der Waals surface area contributed by atoms with Crippen LogP contribution < -0.4 is 15.8 Å². The molecule has 2 unspecified atom stereocenters. The summed E-state index contributed by atoms with van der Waals surface area (Å²) in [7, 11) is 0. The minimum Gasteiger partial charge on any atom is -0.490 e. The Hall–Kier alpha value is -1.42. The van der Waals surface area contributed by atoms with E-state index in [-0.39, 0.29) is 18.1 Å². The lowest BCUT2D eigenvalue weighted by Gasteiger charge is -2.42. The highest BCUT2D eigenvalue weighted by atomic mass is 35.5. The summed E-state index contributed by atoms with van der Waals surface area (Å²) in [4.78, 5) is 12.9. The van der Waals surface area contributed by atoms with Crippen LogP contribution in [0, 0.1) is 17.3 Å². The fourth-order valence-electron chi connectivity index (χ4n) is 4.59. The van der Waals surface area contributed by atoms with Crippen LogP contribution in [0.3, 0.4) is 0 Å². The van der Waals surface area contributed by atoms with Gasteiger partial charge in [0.05, 0.1) is 22.4 Å². The van der Waals surface area contributed by atoms with Crippen LogP contribution in [0.15, 0.2) is 12.1 Å². The summed E-state index contributed by atoms with van der Waals surface area (Å²) in [6, 6.07) is 3.48. The van der Waals surface area contributed by atoms with E-state index in [2.05, 4.69) is 19.2 Å². The summed E-state index contributed by atoms with van der Waals surface area (Å²) in [5, 5.41) is 3.60. The largest absolute Gasteiger partial charge is 0.490 e. The summed E-state index contributed by atoms with van der Waals surface area (Å²) in [6.07, 6.45) is 4.62. The van der Waals surface area contributed by atoms with Crippen molar-refractivity contribution in [2.24, 2.45) is 17.3 Å². The second kappa shape index (κ2) is 6.71. The molecular weight excluding hydrogens is 336 g/mol. The van der Waals surface area contributed by atoms with E-state index in [0.29, 0.717) is 39.3 Å². The quantitative estimate of drug-likeness (QED) is 0.764. The van der Waals surface area contributed by atoms with Gasteiger partial charge in [-0.15, -0.1) is 0 Å². The molecule has 3 N–H and O–H groups in total. The predicted octanol–water partition coefficient (Wildman–Crippen LogP) is 4.65. The molecule has 138 valence electrons. The Labute approximate surface area is 155 Å². The number of anilines is 1. The fourth-order valence-corrected chi connectivity index (χ4v) is 4.75. The number of amides is 1. The molecule has 2 saturated carbocycles. The molecule has 1 aromatic carbocycles. The standard InChI is InChI=1S/C20H29ClN2O2/c1-11(2)25-18-10-17(22)16(21)9-15(18)19(24)23-14-7-12-5-6-13(8-14)20(12,3)4/h9-14H,5-8,22H2,1-4H3,(H,23,24). The summed E-state index contributed by atoms with van der Waals surface area (Å²) < 4.78 is 5.78. The summed E-state index contributed by atoms with van der Waals surface area (Å²) in [6.45, 7) is 8.60. The number of fused-ring (bicyclic) bond motifs is 2. The van der Waals surface area contributed by atoms with Crippen molar-refractivity contribution in [1.82, 2.24) is 5.32 Å². The molecule has 1 amide bonds. The minimum absolute atomic E-state index is 0.0431. The molecule has 2 atom stereocenters. The number of halogens is 1. The van der Waals surface area contributed by atoms with E-state index in [1.807, 2.05) is 13.8 Å². The number of benzene rings is 1. The third kappa shape index (κ3) is 3.59. The molecular formula is C20H29ClN2O2. The van der Waals surface area contributed by atoms with Crippen LogP contribution in [0.25, 0.3) is 0 Å². The van der Waals surface area contributed by atoms with Gasteiger partial charge in [-0.3, -0.25) is 4.79 Å². The molecule has 0 radical (unpaired) electrons. The topological polar surface area (TPSA) is 64.3 Å². The third-order valence-corrected chi connectivity index (χ3v) is 6.47. The Bertz CT molecular complexity index is 656. The maximum atomic E-state index is 12.9. The second-order valence-electron chi connectivity index (χ2n) is 8.47.